The molecule has 0 spiro atoms. The third-order valence-corrected chi connectivity index (χ3v) is 3.79. The van der Waals surface area contributed by atoms with Gasteiger partial charge in [-0.3, -0.25) is 0 Å². The maximum absolute atomic E-state index is 6.27. The summed E-state index contributed by atoms with van der Waals surface area (Å²) in [6, 6.07) is 4.10. The predicted molar refractivity (Wildman–Crippen MR) is 70.9 cm³/mol. The molecule has 0 N–H and O–H groups in total. The molecule has 1 saturated heterocycles. The molecule has 90 valence electrons. The molecule has 2 aromatic rings. The Kier molecular flexibility index (Phi) is 2.02. The summed E-state index contributed by atoms with van der Waals surface area (Å²) in [7, 11) is 0. The third-order valence-electron chi connectivity index (χ3n) is 3.51. The first-order chi connectivity index (χ1) is 8.84. The molecule has 0 bridgehead atoms. The Balaban J connectivity index is 2.09. The fourth-order valence-corrected chi connectivity index (χ4v) is 2.95. The summed E-state index contributed by atoms with van der Waals surface area (Å²) in [5.74, 6) is 0.911. The lowest BCUT2D eigenvalue weighted by molar-refractivity contribution is 0.922. The van der Waals surface area contributed by atoms with Crippen LogP contribution in [0.3, 0.4) is 0 Å². The molecule has 5 heteroatoms. The van der Waals surface area contributed by atoms with Gasteiger partial charge in [0.1, 0.15) is 12.0 Å². The lowest BCUT2D eigenvalue weighted by Crippen LogP contribution is -2.18. The number of aromatic nitrogens is 3. The van der Waals surface area contributed by atoms with Gasteiger partial charge in [0.2, 0.25) is 0 Å². The number of hydrogen-bond donors (Lipinski definition) is 0. The standard InChI is InChI=1S/C13H11ClN4/c14-12-11-13(16-8-15-12)18-6-2-4-10(18)7-9-3-1-5-17(9)11/h1,3,5,7-8H,2,4,6H2. The van der Waals surface area contributed by atoms with Crippen molar-refractivity contribution >= 4 is 23.5 Å². The van der Waals surface area contributed by atoms with Gasteiger partial charge in [-0.15, -0.1) is 0 Å². The van der Waals surface area contributed by atoms with E-state index in [9.17, 15) is 0 Å². The van der Waals surface area contributed by atoms with E-state index in [1.165, 1.54) is 12.0 Å². The van der Waals surface area contributed by atoms with Gasteiger partial charge in [0.25, 0.3) is 0 Å². The molecule has 2 aliphatic heterocycles. The van der Waals surface area contributed by atoms with E-state index in [-0.39, 0.29) is 0 Å². The van der Waals surface area contributed by atoms with Crippen LogP contribution in [0.15, 0.2) is 30.4 Å². The fourth-order valence-electron chi connectivity index (χ4n) is 2.73. The SMILES string of the molecule is Clc1ncnc2c1-n1cccc1C=C1CCCN12. The highest BCUT2D eigenvalue weighted by atomic mass is 35.5. The number of hydrogen-bond acceptors (Lipinski definition) is 3. The van der Waals surface area contributed by atoms with Crippen LogP contribution in [0.1, 0.15) is 18.5 Å². The van der Waals surface area contributed by atoms with Crippen molar-refractivity contribution in [2.24, 2.45) is 0 Å². The van der Waals surface area contributed by atoms with Gasteiger partial charge in [0.05, 0.1) is 0 Å². The lowest BCUT2D eigenvalue weighted by atomic mass is 10.2. The molecule has 2 aromatic heterocycles. The van der Waals surface area contributed by atoms with Crippen LogP contribution in [0.5, 0.6) is 0 Å². The molecule has 4 heterocycles. The van der Waals surface area contributed by atoms with Gasteiger partial charge in [0, 0.05) is 24.1 Å². The number of fused-ring (bicyclic) bond motifs is 5. The minimum absolute atomic E-state index is 0.499. The van der Waals surface area contributed by atoms with Crippen molar-refractivity contribution in [2.45, 2.75) is 12.8 Å². The second-order valence-electron chi connectivity index (χ2n) is 4.53. The van der Waals surface area contributed by atoms with E-state index in [1.54, 1.807) is 0 Å². The van der Waals surface area contributed by atoms with E-state index < -0.39 is 0 Å². The molecule has 0 amide bonds. The molecule has 0 radical (unpaired) electrons. The minimum atomic E-state index is 0.499. The molecular weight excluding hydrogens is 248 g/mol. The highest BCUT2D eigenvalue weighted by Gasteiger charge is 2.27. The van der Waals surface area contributed by atoms with Crippen LogP contribution < -0.4 is 4.90 Å². The van der Waals surface area contributed by atoms with Gasteiger partial charge in [-0.05, 0) is 31.1 Å². The maximum atomic E-state index is 6.27. The molecular formula is C13H11ClN4. The topological polar surface area (TPSA) is 34.0 Å². The zero-order chi connectivity index (χ0) is 12.1. The van der Waals surface area contributed by atoms with Gasteiger partial charge in [-0.1, -0.05) is 11.6 Å². The first-order valence-corrected chi connectivity index (χ1v) is 6.39. The summed E-state index contributed by atoms with van der Waals surface area (Å²) in [5.41, 5.74) is 3.32. The van der Waals surface area contributed by atoms with Gasteiger partial charge in [0.15, 0.2) is 11.0 Å². The van der Waals surface area contributed by atoms with E-state index in [1.807, 2.05) is 12.3 Å². The van der Waals surface area contributed by atoms with Crippen LogP contribution in [0.25, 0.3) is 11.8 Å². The molecule has 0 atom stereocenters. The Bertz CT molecular complexity index is 659. The zero-order valence-corrected chi connectivity index (χ0v) is 10.4. The summed E-state index contributed by atoms with van der Waals surface area (Å²) >= 11 is 6.27. The highest BCUT2D eigenvalue weighted by molar-refractivity contribution is 6.31. The van der Waals surface area contributed by atoms with Crippen LogP contribution in [0, 0.1) is 0 Å². The highest BCUT2D eigenvalue weighted by Crippen LogP contribution is 2.38. The monoisotopic (exact) mass is 258 g/mol. The maximum Gasteiger partial charge on any atom is 0.162 e. The predicted octanol–water partition coefficient (Wildman–Crippen LogP) is 2.88. The van der Waals surface area contributed by atoms with E-state index >= 15 is 0 Å². The average Bonchev–Trinajstić information content (AvgIpc) is 2.97. The van der Waals surface area contributed by atoms with Crippen molar-refractivity contribution in [3.05, 3.63) is 41.2 Å². The second kappa shape index (κ2) is 3.59. The Morgan fingerprint density at radius 2 is 2.22 bits per heavy atom. The molecule has 0 aromatic carbocycles. The molecule has 0 saturated carbocycles. The number of halogens is 1. The Labute approximate surface area is 110 Å². The third kappa shape index (κ3) is 1.26. The van der Waals surface area contributed by atoms with Crippen molar-refractivity contribution in [2.75, 3.05) is 11.4 Å². The number of nitrogens with zero attached hydrogens (tertiary/aromatic N) is 4. The molecule has 0 aliphatic carbocycles. The average molecular weight is 259 g/mol. The molecule has 4 rings (SSSR count). The summed E-state index contributed by atoms with van der Waals surface area (Å²) in [6.45, 7) is 0.997. The van der Waals surface area contributed by atoms with Crippen LogP contribution in [-0.4, -0.2) is 21.1 Å². The van der Waals surface area contributed by atoms with Crippen LogP contribution in [0.4, 0.5) is 5.82 Å². The van der Waals surface area contributed by atoms with Crippen molar-refractivity contribution in [1.82, 2.24) is 14.5 Å². The number of anilines is 1. The normalized spacial score (nSPS) is 16.7. The largest absolute Gasteiger partial charge is 0.328 e. The van der Waals surface area contributed by atoms with Crippen LogP contribution in [0.2, 0.25) is 5.15 Å². The Hall–Kier alpha value is -1.81. The molecule has 18 heavy (non-hydrogen) atoms. The molecule has 4 nitrogen and oxygen atoms in total. The van der Waals surface area contributed by atoms with Gasteiger partial charge in [-0.25, -0.2) is 9.97 Å². The Morgan fingerprint density at radius 1 is 1.28 bits per heavy atom. The Morgan fingerprint density at radius 3 is 3.17 bits per heavy atom. The minimum Gasteiger partial charge on any atom is -0.328 e. The summed E-state index contributed by atoms with van der Waals surface area (Å²) < 4.78 is 2.06. The summed E-state index contributed by atoms with van der Waals surface area (Å²) in [4.78, 5) is 10.8. The lowest BCUT2D eigenvalue weighted by Gasteiger charge is -2.20. The molecule has 0 unspecified atom stereocenters. The van der Waals surface area contributed by atoms with E-state index in [4.69, 9.17) is 11.6 Å². The van der Waals surface area contributed by atoms with Crippen molar-refractivity contribution < 1.29 is 0 Å². The second-order valence-corrected chi connectivity index (χ2v) is 4.89. The summed E-state index contributed by atoms with van der Waals surface area (Å²) in [6.07, 6.45) is 8.00. The fraction of sp³-hybridized carbons (Fsp3) is 0.231. The van der Waals surface area contributed by atoms with Crippen LogP contribution in [-0.2, 0) is 0 Å². The van der Waals surface area contributed by atoms with Crippen molar-refractivity contribution in [3.8, 4) is 5.69 Å². The van der Waals surface area contributed by atoms with E-state index in [0.29, 0.717) is 5.15 Å². The van der Waals surface area contributed by atoms with E-state index in [2.05, 4.69) is 31.6 Å². The molecule has 2 aliphatic rings. The zero-order valence-electron chi connectivity index (χ0n) is 9.67. The number of rotatable bonds is 0. The summed E-state index contributed by atoms with van der Waals surface area (Å²) in [5, 5.41) is 0.499. The van der Waals surface area contributed by atoms with Gasteiger partial charge < -0.3 is 9.47 Å². The van der Waals surface area contributed by atoms with Crippen LogP contribution >= 0.6 is 11.6 Å². The molecule has 1 fully saturated rings. The van der Waals surface area contributed by atoms with E-state index in [0.717, 1.165) is 36.6 Å². The van der Waals surface area contributed by atoms with Gasteiger partial charge in [-0.2, -0.15) is 0 Å². The first kappa shape index (κ1) is 10.1. The quantitative estimate of drug-likeness (QED) is 0.682. The smallest absolute Gasteiger partial charge is 0.162 e. The van der Waals surface area contributed by atoms with Crippen molar-refractivity contribution in [1.29, 1.82) is 0 Å². The van der Waals surface area contributed by atoms with Crippen molar-refractivity contribution in [3.63, 3.8) is 0 Å². The first-order valence-electron chi connectivity index (χ1n) is 6.01. The number of allylic oxidation sites excluding steroid dienone is 1. The van der Waals surface area contributed by atoms with Gasteiger partial charge >= 0.3 is 0 Å².